The Kier molecular flexibility index (Phi) is 11.6. The minimum absolute atomic E-state index is 0.0327. The predicted octanol–water partition coefficient (Wildman–Crippen LogP) is 6.10. The molecule has 0 saturated carbocycles. The van der Waals surface area contributed by atoms with Crippen LogP contribution in [0.1, 0.15) is 31.4 Å². The van der Waals surface area contributed by atoms with Crippen molar-refractivity contribution in [1.82, 2.24) is 10.2 Å². The molecule has 0 fully saturated rings. The van der Waals surface area contributed by atoms with Crippen molar-refractivity contribution < 1.29 is 22.7 Å². The maximum absolute atomic E-state index is 14.5. The largest absolute Gasteiger partial charge is 0.497 e. The van der Waals surface area contributed by atoms with Crippen LogP contribution in [0.25, 0.3) is 0 Å². The fraction of sp³-hybridized carbons (Fsp3) is 0.257. The van der Waals surface area contributed by atoms with Crippen LogP contribution in [0.3, 0.4) is 0 Å². The topological polar surface area (TPSA) is 96.0 Å². The molecule has 0 aliphatic heterocycles. The summed E-state index contributed by atoms with van der Waals surface area (Å²) in [5, 5.41) is 3.51. The monoisotopic (exact) mass is 647 g/mol. The average Bonchev–Trinajstić information content (AvgIpc) is 3.06. The number of nitrogens with zero attached hydrogens (tertiary/aromatic N) is 2. The second kappa shape index (κ2) is 15.6. The van der Waals surface area contributed by atoms with Crippen LogP contribution in [0.15, 0.2) is 114 Å². The van der Waals surface area contributed by atoms with E-state index in [1.807, 2.05) is 50.2 Å². The Bertz CT molecular complexity index is 1670. The number of amides is 2. The number of halogens is 1. The van der Waals surface area contributed by atoms with E-state index in [-0.39, 0.29) is 35.5 Å². The fourth-order valence-electron chi connectivity index (χ4n) is 4.82. The smallest absolute Gasteiger partial charge is 0.264 e. The maximum atomic E-state index is 14.5. The van der Waals surface area contributed by atoms with Gasteiger partial charge in [0.2, 0.25) is 11.8 Å². The molecule has 236 valence electrons. The summed E-state index contributed by atoms with van der Waals surface area (Å²) in [6, 6.07) is 29.8. The van der Waals surface area contributed by atoms with Crippen LogP contribution in [-0.4, -0.2) is 50.9 Å². The normalized spacial score (nSPS) is 12.5. The summed E-state index contributed by atoms with van der Waals surface area (Å²) in [4.78, 5) is 29.9. The van der Waals surface area contributed by atoms with Gasteiger partial charge in [-0.1, -0.05) is 79.2 Å². The molecule has 10 heteroatoms. The number of nitrogens with one attached hydrogen (secondary N) is 1. The number of sulfonamides is 1. The quantitative estimate of drug-likeness (QED) is 0.179. The van der Waals surface area contributed by atoms with Crippen molar-refractivity contribution in [3.8, 4) is 5.75 Å². The minimum Gasteiger partial charge on any atom is -0.497 e. The van der Waals surface area contributed by atoms with Gasteiger partial charge in [-0.05, 0) is 73.0 Å². The third-order valence-electron chi connectivity index (χ3n) is 7.48. The van der Waals surface area contributed by atoms with Gasteiger partial charge in [-0.15, -0.1) is 0 Å². The van der Waals surface area contributed by atoms with Gasteiger partial charge in [0.15, 0.2) is 0 Å². The van der Waals surface area contributed by atoms with Gasteiger partial charge in [-0.2, -0.15) is 0 Å². The third-order valence-corrected chi connectivity index (χ3v) is 9.51. The summed E-state index contributed by atoms with van der Waals surface area (Å²) in [7, 11) is -2.67. The molecule has 45 heavy (non-hydrogen) atoms. The number of methoxy groups -OCH3 is 1. The molecule has 0 spiro atoms. The highest BCUT2D eigenvalue weighted by Gasteiger charge is 2.35. The summed E-state index contributed by atoms with van der Waals surface area (Å²) >= 11 is 6.30. The molecule has 0 radical (unpaired) electrons. The van der Waals surface area contributed by atoms with Crippen molar-refractivity contribution in [2.75, 3.05) is 18.0 Å². The molecule has 0 aliphatic rings. The van der Waals surface area contributed by atoms with E-state index >= 15 is 0 Å². The number of anilines is 1. The highest BCUT2D eigenvalue weighted by atomic mass is 35.5. The lowest BCUT2D eigenvalue weighted by Crippen LogP contribution is -2.54. The lowest BCUT2D eigenvalue weighted by molar-refractivity contribution is -0.140. The van der Waals surface area contributed by atoms with Crippen molar-refractivity contribution >= 4 is 39.1 Å². The highest BCUT2D eigenvalue weighted by Crippen LogP contribution is 2.27. The molecular formula is C35H38ClN3O5S. The fourth-order valence-corrected chi connectivity index (χ4v) is 6.47. The average molecular weight is 648 g/mol. The van der Waals surface area contributed by atoms with Crippen LogP contribution in [0.4, 0.5) is 5.69 Å². The number of benzene rings is 4. The molecule has 2 amide bonds. The standard InChI is InChI=1S/C35H38ClN3O5S/c1-4-26(2)37-35(41)33(23-27-12-7-5-8-13-27)38(24-28-14-11-15-29(36)22-28)34(40)25-39(30-18-20-31(44-3)21-19-30)45(42,43)32-16-9-6-10-17-32/h5-22,26,33H,4,23-25H2,1-3H3,(H,37,41)/t26-,33+/m1/s1. The van der Waals surface area contributed by atoms with E-state index in [1.165, 1.54) is 24.1 Å². The zero-order valence-electron chi connectivity index (χ0n) is 25.6. The van der Waals surface area contributed by atoms with Crippen LogP contribution in [0.5, 0.6) is 5.75 Å². The van der Waals surface area contributed by atoms with Crippen LogP contribution < -0.4 is 14.4 Å². The number of carbonyl (C=O) groups is 2. The third kappa shape index (κ3) is 8.86. The number of hydrogen-bond donors (Lipinski definition) is 1. The Morgan fingerprint density at radius 3 is 2.09 bits per heavy atom. The van der Waals surface area contributed by atoms with Gasteiger partial charge in [0.25, 0.3) is 10.0 Å². The molecule has 4 aromatic rings. The van der Waals surface area contributed by atoms with Crippen molar-refractivity contribution in [1.29, 1.82) is 0 Å². The first-order valence-electron chi connectivity index (χ1n) is 14.7. The first-order chi connectivity index (χ1) is 21.6. The Balaban J connectivity index is 1.80. The lowest BCUT2D eigenvalue weighted by atomic mass is 10.0. The van der Waals surface area contributed by atoms with E-state index in [2.05, 4.69) is 5.32 Å². The minimum atomic E-state index is -4.19. The summed E-state index contributed by atoms with van der Waals surface area (Å²) in [5.41, 5.74) is 1.83. The number of rotatable bonds is 14. The Morgan fingerprint density at radius 1 is 0.867 bits per heavy atom. The van der Waals surface area contributed by atoms with E-state index in [0.717, 1.165) is 9.87 Å². The molecule has 0 heterocycles. The SMILES string of the molecule is CC[C@@H](C)NC(=O)[C@H](Cc1ccccc1)N(Cc1cccc(Cl)c1)C(=O)CN(c1ccc(OC)cc1)S(=O)(=O)c1ccccc1. The van der Waals surface area contributed by atoms with Crippen molar-refractivity contribution in [2.45, 2.75) is 50.2 Å². The van der Waals surface area contributed by atoms with Gasteiger partial charge >= 0.3 is 0 Å². The summed E-state index contributed by atoms with van der Waals surface area (Å²) in [5.74, 6) is -0.342. The molecule has 4 aromatic carbocycles. The molecule has 0 aliphatic carbocycles. The molecule has 0 aromatic heterocycles. The van der Waals surface area contributed by atoms with E-state index in [4.69, 9.17) is 16.3 Å². The van der Waals surface area contributed by atoms with Crippen LogP contribution in [0, 0.1) is 0 Å². The number of carbonyl (C=O) groups excluding carboxylic acids is 2. The lowest BCUT2D eigenvalue weighted by Gasteiger charge is -2.34. The molecule has 0 unspecified atom stereocenters. The zero-order chi connectivity index (χ0) is 32.4. The molecule has 1 N–H and O–H groups in total. The van der Waals surface area contributed by atoms with Gasteiger partial charge in [-0.3, -0.25) is 13.9 Å². The second-order valence-electron chi connectivity index (χ2n) is 10.7. The highest BCUT2D eigenvalue weighted by molar-refractivity contribution is 7.92. The first kappa shape index (κ1) is 33.6. The second-order valence-corrected chi connectivity index (χ2v) is 13.0. The zero-order valence-corrected chi connectivity index (χ0v) is 27.2. The van der Waals surface area contributed by atoms with E-state index in [1.54, 1.807) is 60.7 Å². The van der Waals surface area contributed by atoms with Crippen molar-refractivity contribution in [3.05, 3.63) is 125 Å². The van der Waals surface area contributed by atoms with Crippen LogP contribution in [0.2, 0.25) is 5.02 Å². The van der Waals surface area contributed by atoms with E-state index < -0.39 is 28.5 Å². The van der Waals surface area contributed by atoms with Crippen LogP contribution in [-0.2, 0) is 32.6 Å². The summed E-state index contributed by atoms with van der Waals surface area (Å²) in [6.45, 7) is 3.35. The summed E-state index contributed by atoms with van der Waals surface area (Å²) < 4.78 is 34.5. The molecule has 8 nitrogen and oxygen atoms in total. The van der Waals surface area contributed by atoms with E-state index in [0.29, 0.717) is 22.8 Å². The van der Waals surface area contributed by atoms with Crippen molar-refractivity contribution in [2.24, 2.45) is 0 Å². The van der Waals surface area contributed by atoms with Crippen LogP contribution >= 0.6 is 11.6 Å². The molecule has 2 atom stereocenters. The van der Waals surface area contributed by atoms with Gasteiger partial charge in [0.1, 0.15) is 18.3 Å². The predicted molar refractivity (Wildman–Crippen MR) is 178 cm³/mol. The van der Waals surface area contributed by atoms with Crippen molar-refractivity contribution in [3.63, 3.8) is 0 Å². The van der Waals surface area contributed by atoms with Gasteiger partial charge < -0.3 is 15.0 Å². The van der Waals surface area contributed by atoms with E-state index in [9.17, 15) is 18.0 Å². The van der Waals surface area contributed by atoms with Gasteiger partial charge in [0, 0.05) is 24.0 Å². The Labute approximate surface area is 270 Å². The Hall–Kier alpha value is -4.34. The number of ether oxygens (including phenoxy) is 1. The first-order valence-corrected chi connectivity index (χ1v) is 16.5. The molecule has 0 bridgehead atoms. The molecule has 4 rings (SSSR count). The Morgan fingerprint density at radius 2 is 1.49 bits per heavy atom. The number of hydrogen-bond acceptors (Lipinski definition) is 5. The molecular weight excluding hydrogens is 610 g/mol. The molecule has 0 saturated heterocycles. The maximum Gasteiger partial charge on any atom is 0.264 e. The summed E-state index contributed by atoms with van der Waals surface area (Å²) in [6.07, 6.45) is 0.927. The van der Waals surface area contributed by atoms with Gasteiger partial charge in [0.05, 0.1) is 17.7 Å². The van der Waals surface area contributed by atoms with Gasteiger partial charge in [-0.25, -0.2) is 8.42 Å².